The van der Waals surface area contributed by atoms with E-state index in [1.807, 2.05) is 6.07 Å². The predicted octanol–water partition coefficient (Wildman–Crippen LogP) is 0.792. The van der Waals surface area contributed by atoms with Crippen molar-refractivity contribution in [2.45, 2.75) is 19.3 Å². The molecule has 0 radical (unpaired) electrons. The highest BCUT2D eigenvalue weighted by molar-refractivity contribution is 5.29. The first-order valence-electron chi connectivity index (χ1n) is 3.91. The fraction of sp³-hybridized carbons (Fsp3) is 0.500. The smallest absolute Gasteiger partial charge is 0.298 e. The molecule has 4 heteroatoms. The summed E-state index contributed by atoms with van der Waals surface area (Å²) in [6.45, 7) is 0. The molecule has 0 spiro atoms. The molecule has 0 bridgehead atoms. The molecule has 1 aromatic rings. The molecule has 0 unspecified atom stereocenters. The van der Waals surface area contributed by atoms with E-state index < -0.39 is 5.56 Å². The molecule has 0 atom stereocenters. The van der Waals surface area contributed by atoms with Gasteiger partial charge in [-0.2, -0.15) is 10.4 Å². The molecule has 2 rings (SSSR count). The Labute approximate surface area is 68.8 Å². The van der Waals surface area contributed by atoms with Gasteiger partial charge in [-0.25, -0.2) is 0 Å². The fourth-order valence-electron chi connectivity index (χ4n) is 1.18. The number of H-pyrrole nitrogens is 1. The molecule has 1 fully saturated rings. The van der Waals surface area contributed by atoms with E-state index in [2.05, 4.69) is 5.16 Å². The van der Waals surface area contributed by atoms with Gasteiger partial charge >= 0.3 is 0 Å². The number of rotatable bonds is 2. The first-order valence-corrected chi connectivity index (χ1v) is 3.91. The average molecular weight is 164 g/mol. The molecule has 1 aliphatic carbocycles. The van der Waals surface area contributed by atoms with Crippen molar-refractivity contribution in [2.24, 2.45) is 5.92 Å². The normalized spacial score (nSPS) is 15.9. The van der Waals surface area contributed by atoms with Gasteiger partial charge in [-0.3, -0.25) is 4.79 Å². The van der Waals surface area contributed by atoms with Gasteiger partial charge in [-0.1, -0.05) is 0 Å². The van der Waals surface area contributed by atoms with Crippen LogP contribution in [0.4, 0.5) is 0 Å². The minimum absolute atomic E-state index is 0.141. The van der Waals surface area contributed by atoms with E-state index in [0.29, 0.717) is 11.7 Å². The van der Waals surface area contributed by atoms with Crippen LogP contribution in [0.3, 0.4) is 0 Å². The summed E-state index contributed by atoms with van der Waals surface area (Å²) in [6, 6.07) is 1.84. The molecular formula is C8H8N2O2. The topological polar surface area (TPSA) is 69.8 Å². The van der Waals surface area contributed by atoms with Gasteiger partial charge in [0, 0.05) is 6.42 Å². The highest BCUT2D eigenvalue weighted by Gasteiger charge is 2.25. The van der Waals surface area contributed by atoms with Crippen LogP contribution in [0.15, 0.2) is 9.32 Å². The summed E-state index contributed by atoms with van der Waals surface area (Å²) < 4.78 is 4.88. The average Bonchev–Trinajstić information content (AvgIpc) is 2.78. The number of nitriles is 1. The van der Waals surface area contributed by atoms with Crippen molar-refractivity contribution in [3.05, 3.63) is 21.7 Å². The summed E-state index contributed by atoms with van der Waals surface area (Å²) in [6.07, 6.45) is 3.08. The van der Waals surface area contributed by atoms with Crippen molar-refractivity contribution in [3.63, 3.8) is 0 Å². The van der Waals surface area contributed by atoms with Gasteiger partial charge in [0.25, 0.3) is 5.56 Å². The van der Waals surface area contributed by atoms with Crippen LogP contribution in [0.1, 0.15) is 24.2 Å². The lowest BCUT2D eigenvalue weighted by Gasteiger charge is -1.89. The summed E-state index contributed by atoms with van der Waals surface area (Å²) in [5.41, 5.74) is -0.268. The van der Waals surface area contributed by atoms with E-state index in [1.165, 1.54) is 12.8 Å². The van der Waals surface area contributed by atoms with E-state index in [-0.39, 0.29) is 5.56 Å². The zero-order chi connectivity index (χ0) is 8.55. The molecule has 4 nitrogen and oxygen atoms in total. The largest absolute Gasteiger partial charge is 0.382 e. The third kappa shape index (κ3) is 1.14. The minimum Gasteiger partial charge on any atom is -0.382 e. The zero-order valence-electron chi connectivity index (χ0n) is 6.46. The summed E-state index contributed by atoms with van der Waals surface area (Å²) in [5.74, 6) is 1.14. The Kier molecular flexibility index (Phi) is 1.51. The number of nitrogens with zero attached hydrogens (tertiary/aromatic N) is 1. The second kappa shape index (κ2) is 2.52. The Bertz CT molecular complexity index is 378. The van der Waals surface area contributed by atoms with Gasteiger partial charge < -0.3 is 4.52 Å². The van der Waals surface area contributed by atoms with E-state index in [1.54, 1.807) is 0 Å². The third-order valence-electron chi connectivity index (χ3n) is 2.06. The third-order valence-corrected chi connectivity index (χ3v) is 2.06. The molecular weight excluding hydrogens is 156 g/mol. The summed E-state index contributed by atoms with van der Waals surface area (Å²) in [4.78, 5) is 10.9. The lowest BCUT2D eigenvalue weighted by atomic mass is 10.2. The van der Waals surface area contributed by atoms with Gasteiger partial charge in [-0.05, 0) is 18.8 Å². The zero-order valence-corrected chi connectivity index (χ0v) is 6.46. The fourth-order valence-corrected chi connectivity index (χ4v) is 1.18. The minimum atomic E-state index is -0.409. The monoisotopic (exact) mass is 164 g/mol. The maximum atomic E-state index is 10.9. The quantitative estimate of drug-likeness (QED) is 0.702. The molecule has 1 heterocycles. The second-order valence-corrected chi connectivity index (χ2v) is 3.09. The van der Waals surface area contributed by atoms with Crippen LogP contribution in [-0.2, 0) is 6.42 Å². The number of aromatic amines is 1. The molecule has 12 heavy (non-hydrogen) atoms. The van der Waals surface area contributed by atoms with Crippen molar-refractivity contribution in [2.75, 3.05) is 0 Å². The van der Waals surface area contributed by atoms with E-state index >= 15 is 0 Å². The predicted molar refractivity (Wildman–Crippen MR) is 40.5 cm³/mol. The molecule has 0 saturated heterocycles. The number of nitrogens with one attached hydrogen (secondary N) is 1. The van der Waals surface area contributed by atoms with Crippen molar-refractivity contribution < 1.29 is 4.52 Å². The summed E-state index contributed by atoms with van der Waals surface area (Å²) in [7, 11) is 0. The standard InChI is InChI=1S/C8H8N2O2/c9-4-6-7(3-5-1-2-5)12-10-8(6)11/h5H,1-3H2,(H,10,11). The van der Waals surface area contributed by atoms with Gasteiger partial charge in [0.15, 0.2) is 11.3 Å². The highest BCUT2D eigenvalue weighted by Crippen LogP contribution is 2.32. The second-order valence-electron chi connectivity index (χ2n) is 3.09. The maximum absolute atomic E-state index is 10.9. The summed E-state index contributed by atoms with van der Waals surface area (Å²) in [5, 5.41) is 10.8. The van der Waals surface area contributed by atoms with Crippen molar-refractivity contribution >= 4 is 0 Å². The van der Waals surface area contributed by atoms with Gasteiger partial charge in [0.05, 0.1) is 0 Å². The first kappa shape index (κ1) is 7.17. The molecule has 0 aromatic carbocycles. The molecule has 1 aromatic heterocycles. The van der Waals surface area contributed by atoms with Gasteiger partial charge in [0.1, 0.15) is 6.07 Å². The van der Waals surface area contributed by atoms with E-state index in [4.69, 9.17) is 9.78 Å². The van der Waals surface area contributed by atoms with Crippen LogP contribution < -0.4 is 5.56 Å². The molecule has 1 saturated carbocycles. The van der Waals surface area contributed by atoms with Crippen LogP contribution in [-0.4, -0.2) is 5.16 Å². The molecule has 0 amide bonds. The molecule has 1 aliphatic rings. The lowest BCUT2D eigenvalue weighted by Crippen LogP contribution is -2.02. The van der Waals surface area contributed by atoms with Crippen LogP contribution in [0.25, 0.3) is 0 Å². The maximum Gasteiger partial charge on any atom is 0.298 e. The SMILES string of the molecule is N#Cc1c(CC2CC2)o[nH]c1=O. The Balaban J connectivity index is 2.30. The number of aromatic nitrogens is 1. The van der Waals surface area contributed by atoms with E-state index in [9.17, 15) is 4.79 Å². The van der Waals surface area contributed by atoms with Crippen LogP contribution >= 0.6 is 0 Å². The number of hydrogen-bond donors (Lipinski definition) is 1. The van der Waals surface area contributed by atoms with Crippen molar-refractivity contribution in [3.8, 4) is 6.07 Å². The first-order chi connectivity index (χ1) is 5.81. The van der Waals surface area contributed by atoms with Crippen LogP contribution in [0.5, 0.6) is 0 Å². The van der Waals surface area contributed by atoms with Crippen LogP contribution in [0, 0.1) is 17.2 Å². The highest BCUT2D eigenvalue weighted by atomic mass is 16.5. The van der Waals surface area contributed by atoms with Gasteiger partial charge in [0.2, 0.25) is 0 Å². The lowest BCUT2D eigenvalue weighted by molar-refractivity contribution is 0.373. The molecule has 62 valence electrons. The Morgan fingerprint density at radius 3 is 3.00 bits per heavy atom. The van der Waals surface area contributed by atoms with E-state index in [0.717, 1.165) is 6.42 Å². The van der Waals surface area contributed by atoms with Crippen molar-refractivity contribution in [1.82, 2.24) is 5.16 Å². The summed E-state index contributed by atoms with van der Waals surface area (Å²) >= 11 is 0. The molecule has 1 N–H and O–H groups in total. The Morgan fingerprint density at radius 1 is 1.67 bits per heavy atom. The number of hydrogen-bond acceptors (Lipinski definition) is 3. The Hall–Kier alpha value is -1.50. The molecule has 0 aliphatic heterocycles. The Morgan fingerprint density at radius 2 is 2.42 bits per heavy atom. The van der Waals surface area contributed by atoms with Crippen LogP contribution in [0.2, 0.25) is 0 Å². The van der Waals surface area contributed by atoms with Gasteiger partial charge in [-0.15, -0.1) is 0 Å². The van der Waals surface area contributed by atoms with Crippen molar-refractivity contribution in [1.29, 1.82) is 5.26 Å².